The molecule has 2 aliphatic heterocycles. The van der Waals surface area contributed by atoms with Crippen LogP contribution in [0.3, 0.4) is 0 Å². The van der Waals surface area contributed by atoms with Crippen molar-refractivity contribution in [3.63, 3.8) is 0 Å². The van der Waals surface area contributed by atoms with Crippen LogP contribution in [0.25, 0.3) is 10.8 Å². The van der Waals surface area contributed by atoms with Gasteiger partial charge >= 0.3 is 11.9 Å². The highest BCUT2D eigenvalue weighted by atomic mass is 32.2. The average Bonchev–Trinajstić information content (AvgIpc) is 3.63. The highest BCUT2D eigenvalue weighted by molar-refractivity contribution is 7.99. The Morgan fingerprint density at radius 3 is 1.92 bits per heavy atom. The van der Waals surface area contributed by atoms with Crippen molar-refractivity contribution in [3.05, 3.63) is 138 Å². The number of carboxylic acids is 2. The first kappa shape index (κ1) is 33.9. The molecular weight excluding hydrogens is 669 g/mol. The summed E-state index contributed by atoms with van der Waals surface area (Å²) in [6.07, 6.45) is 3.65. The van der Waals surface area contributed by atoms with E-state index in [0.717, 1.165) is 46.0 Å². The van der Waals surface area contributed by atoms with Crippen molar-refractivity contribution in [1.82, 2.24) is 9.13 Å². The maximum Gasteiger partial charge on any atom is 0.327 e. The van der Waals surface area contributed by atoms with E-state index in [-0.39, 0.29) is 11.1 Å². The summed E-state index contributed by atoms with van der Waals surface area (Å²) in [5.41, 5.74) is 8.77. The van der Waals surface area contributed by atoms with Crippen LogP contribution in [0.1, 0.15) is 75.4 Å². The number of benzene rings is 3. The molecule has 0 bridgehead atoms. The minimum atomic E-state index is -0.949. The number of carbonyl (C=O) groups is 2. The molecular formula is C40H38N2O6S2. The Morgan fingerprint density at radius 2 is 1.24 bits per heavy atom. The molecule has 8 rings (SSSR count). The summed E-state index contributed by atoms with van der Waals surface area (Å²) in [6, 6.07) is 22.5. The molecule has 0 unspecified atom stereocenters. The summed E-state index contributed by atoms with van der Waals surface area (Å²) in [5, 5.41) is 22.8. The lowest BCUT2D eigenvalue weighted by Crippen LogP contribution is -2.29. The predicted molar refractivity (Wildman–Crippen MR) is 198 cm³/mol. The Balaban J connectivity index is 0.000000157. The Hall–Kier alpha value is -4.54. The fraction of sp³-hybridized carbons (Fsp3) is 0.300. The molecule has 256 valence electrons. The lowest BCUT2D eigenvalue weighted by Gasteiger charge is -2.17. The van der Waals surface area contributed by atoms with E-state index in [1.54, 1.807) is 12.1 Å². The van der Waals surface area contributed by atoms with Gasteiger partial charge in [0, 0.05) is 23.6 Å². The van der Waals surface area contributed by atoms with E-state index < -0.39 is 24.0 Å². The Kier molecular flexibility index (Phi) is 9.26. The Labute approximate surface area is 298 Å². The number of pyridine rings is 2. The molecule has 5 aromatic rings. The van der Waals surface area contributed by atoms with Crippen molar-refractivity contribution in [2.45, 2.75) is 74.5 Å². The maximum absolute atomic E-state index is 12.7. The summed E-state index contributed by atoms with van der Waals surface area (Å²) in [6.45, 7) is 6.20. The second-order valence-corrected chi connectivity index (χ2v) is 15.4. The summed E-state index contributed by atoms with van der Waals surface area (Å²) in [5.74, 6) is -0.547. The van der Waals surface area contributed by atoms with E-state index in [2.05, 4.69) is 56.3 Å². The lowest BCUT2D eigenvalue weighted by molar-refractivity contribution is -0.141. The molecule has 1 aliphatic carbocycles. The van der Waals surface area contributed by atoms with E-state index in [1.807, 2.05) is 25.1 Å². The number of aryl methyl sites for hydroxylation is 1. The number of rotatable bonds is 7. The fourth-order valence-electron chi connectivity index (χ4n) is 7.15. The first-order valence-electron chi connectivity index (χ1n) is 16.8. The van der Waals surface area contributed by atoms with Crippen LogP contribution in [0, 0.1) is 20.8 Å². The zero-order valence-electron chi connectivity index (χ0n) is 28.1. The second kappa shape index (κ2) is 13.6. The number of hydrogen-bond donors (Lipinski definition) is 2. The average molecular weight is 707 g/mol. The van der Waals surface area contributed by atoms with Crippen molar-refractivity contribution < 1.29 is 19.8 Å². The van der Waals surface area contributed by atoms with Gasteiger partial charge < -0.3 is 10.2 Å². The first-order chi connectivity index (χ1) is 24.0. The third-order valence-corrected chi connectivity index (χ3v) is 12.6. The molecule has 0 amide bonds. The number of aromatic nitrogens is 2. The number of aliphatic carboxylic acids is 2. The summed E-state index contributed by atoms with van der Waals surface area (Å²) >= 11 is 2.98. The SMILES string of the molecule is Cc1c(Cc2cccc3ccccc23)cc(=O)n2c1SC[C@H]2C(=O)O.Cc1cccc(Cc2cc(=O)n3c(c2C2CC2)SC[C@H]3C(=O)O)c1C. The van der Waals surface area contributed by atoms with Gasteiger partial charge in [0.1, 0.15) is 12.1 Å². The van der Waals surface area contributed by atoms with E-state index in [0.29, 0.717) is 23.8 Å². The molecule has 10 heteroatoms. The van der Waals surface area contributed by atoms with Gasteiger partial charge in [0.15, 0.2) is 0 Å². The van der Waals surface area contributed by atoms with Crippen LogP contribution in [0.2, 0.25) is 0 Å². The monoisotopic (exact) mass is 706 g/mol. The highest BCUT2D eigenvalue weighted by Crippen LogP contribution is 2.48. The van der Waals surface area contributed by atoms with Gasteiger partial charge in [-0.25, -0.2) is 9.59 Å². The molecule has 3 aliphatic rings. The Morgan fingerprint density at radius 1 is 0.680 bits per heavy atom. The largest absolute Gasteiger partial charge is 0.480 e. The highest BCUT2D eigenvalue weighted by Gasteiger charge is 2.38. The van der Waals surface area contributed by atoms with E-state index >= 15 is 0 Å². The molecule has 1 saturated carbocycles. The van der Waals surface area contributed by atoms with E-state index in [4.69, 9.17) is 0 Å². The Bertz CT molecular complexity index is 2300. The van der Waals surface area contributed by atoms with Crippen LogP contribution in [0.4, 0.5) is 0 Å². The minimum Gasteiger partial charge on any atom is -0.480 e. The molecule has 2 atom stereocenters. The molecule has 4 heterocycles. The molecule has 8 nitrogen and oxygen atoms in total. The summed E-state index contributed by atoms with van der Waals surface area (Å²) in [7, 11) is 0. The van der Waals surface area contributed by atoms with Gasteiger partial charge in [0.25, 0.3) is 11.1 Å². The van der Waals surface area contributed by atoms with Gasteiger partial charge in [-0.05, 0) is 108 Å². The van der Waals surface area contributed by atoms with Crippen LogP contribution < -0.4 is 11.1 Å². The van der Waals surface area contributed by atoms with Gasteiger partial charge in [-0.3, -0.25) is 18.7 Å². The lowest BCUT2D eigenvalue weighted by atomic mass is 9.94. The number of fused-ring (bicyclic) bond motifs is 3. The number of thioether (sulfide) groups is 2. The molecule has 2 aromatic heterocycles. The molecule has 3 aromatic carbocycles. The van der Waals surface area contributed by atoms with E-state index in [9.17, 15) is 29.4 Å². The van der Waals surface area contributed by atoms with Crippen molar-refractivity contribution >= 4 is 46.2 Å². The van der Waals surface area contributed by atoms with Crippen LogP contribution >= 0.6 is 23.5 Å². The van der Waals surface area contributed by atoms with Crippen LogP contribution in [0.15, 0.2) is 92.4 Å². The predicted octanol–water partition coefficient (Wildman–Crippen LogP) is 7.30. The smallest absolute Gasteiger partial charge is 0.327 e. The topological polar surface area (TPSA) is 119 Å². The van der Waals surface area contributed by atoms with Crippen LogP contribution in [0.5, 0.6) is 0 Å². The third kappa shape index (κ3) is 6.31. The maximum atomic E-state index is 12.7. The van der Waals surface area contributed by atoms with Gasteiger partial charge in [0.05, 0.1) is 10.1 Å². The standard InChI is InChI=1S/C20H21NO3S.C20H17NO3S/c1-11-4-3-5-14(12(11)2)8-15-9-17(22)21-16(20(23)24)10-25-19(21)18(15)13-6-7-13;1-12-15(9-14-7-4-6-13-5-2-3-8-16(13)14)10-18(22)21-17(20(23)24)11-25-19(12)21/h3-5,9,13,16H,6-8,10H2,1-2H3,(H,23,24);2-8,10,17H,9,11H2,1H3,(H,23,24)/t16-;17-/m00/s1. The molecule has 0 saturated heterocycles. The summed E-state index contributed by atoms with van der Waals surface area (Å²) < 4.78 is 2.93. The summed E-state index contributed by atoms with van der Waals surface area (Å²) in [4.78, 5) is 48.1. The van der Waals surface area contributed by atoms with Crippen molar-refractivity contribution in [1.29, 1.82) is 0 Å². The zero-order valence-corrected chi connectivity index (χ0v) is 29.8. The van der Waals surface area contributed by atoms with Gasteiger partial charge in [-0.15, -0.1) is 23.5 Å². The molecule has 2 N–H and O–H groups in total. The second-order valence-electron chi connectivity index (χ2n) is 13.4. The molecule has 0 spiro atoms. The molecule has 0 radical (unpaired) electrons. The number of hydrogen-bond acceptors (Lipinski definition) is 6. The van der Waals surface area contributed by atoms with Crippen molar-refractivity contribution in [3.8, 4) is 0 Å². The van der Waals surface area contributed by atoms with Crippen LogP contribution in [-0.4, -0.2) is 42.8 Å². The fourth-order valence-corrected chi connectivity index (χ4v) is 9.88. The number of nitrogens with zero attached hydrogens (tertiary/aromatic N) is 2. The van der Waals surface area contributed by atoms with Crippen LogP contribution in [-0.2, 0) is 22.4 Å². The van der Waals surface area contributed by atoms with Gasteiger partial charge in [-0.1, -0.05) is 60.7 Å². The molecule has 50 heavy (non-hydrogen) atoms. The van der Waals surface area contributed by atoms with Gasteiger partial charge in [0.2, 0.25) is 0 Å². The van der Waals surface area contributed by atoms with E-state index in [1.165, 1.54) is 71.2 Å². The quantitative estimate of drug-likeness (QED) is 0.181. The van der Waals surface area contributed by atoms with Gasteiger partial charge in [-0.2, -0.15) is 0 Å². The third-order valence-electron chi connectivity index (χ3n) is 10.2. The normalized spacial score (nSPS) is 17.6. The van der Waals surface area contributed by atoms with Crippen molar-refractivity contribution in [2.75, 3.05) is 11.5 Å². The minimum absolute atomic E-state index is 0.183. The number of carboxylic acid groups (broad SMARTS) is 2. The zero-order chi connectivity index (χ0) is 35.3. The van der Waals surface area contributed by atoms with Crippen molar-refractivity contribution in [2.24, 2.45) is 0 Å². The first-order valence-corrected chi connectivity index (χ1v) is 18.8. The molecule has 1 fully saturated rings.